The summed E-state index contributed by atoms with van der Waals surface area (Å²) in [7, 11) is 1.29. The van der Waals surface area contributed by atoms with E-state index in [2.05, 4.69) is 4.74 Å². The molecule has 96 valence electrons. The number of hydrogen-bond donors (Lipinski definition) is 1. The quantitative estimate of drug-likeness (QED) is 0.811. The zero-order chi connectivity index (χ0) is 13.1. The van der Waals surface area contributed by atoms with E-state index in [1.165, 1.54) is 7.11 Å². The summed E-state index contributed by atoms with van der Waals surface area (Å²) in [5.74, 6) is -0.691. The fraction of sp³-hybridized carbons (Fsp3) is 0.357. The van der Waals surface area contributed by atoms with E-state index in [4.69, 9.17) is 4.74 Å². The van der Waals surface area contributed by atoms with Crippen LogP contribution in [0.4, 0.5) is 0 Å². The second-order valence-corrected chi connectivity index (χ2v) is 4.33. The first-order valence-corrected chi connectivity index (χ1v) is 5.83. The van der Waals surface area contributed by atoms with Crippen LogP contribution in [0.25, 0.3) is 0 Å². The van der Waals surface area contributed by atoms with Crippen molar-refractivity contribution in [2.24, 2.45) is 5.92 Å². The van der Waals surface area contributed by atoms with E-state index in [0.29, 0.717) is 0 Å². The summed E-state index contributed by atoms with van der Waals surface area (Å²) < 4.78 is 9.76. The summed E-state index contributed by atoms with van der Waals surface area (Å²) in [6.07, 6.45) is 0.702. The Balaban J connectivity index is 2.35. The molecule has 3 atom stereocenters. The minimum absolute atomic E-state index is 0.0657. The molecule has 0 radical (unpaired) electrons. The van der Waals surface area contributed by atoms with Gasteiger partial charge in [-0.3, -0.25) is 0 Å². The molecule has 0 aromatic heterocycles. The van der Waals surface area contributed by atoms with Crippen LogP contribution in [0.1, 0.15) is 18.4 Å². The Labute approximate surface area is 106 Å². The topological polar surface area (TPSA) is 55.8 Å². The number of rotatable bonds is 2. The lowest BCUT2D eigenvalue weighted by molar-refractivity contribution is -0.155. The van der Waals surface area contributed by atoms with E-state index in [1.807, 2.05) is 37.3 Å². The number of benzene rings is 1. The number of carbonyl (C=O) groups is 1. The zero-order valence-electron chi connectivity index (χ0n) is 10.4. The van der Waals surface area contributed by atoms with Gasteiger partial charge in [-0.25, -0.2) is 4.79 Å². The normalized spacial score (nSPS) is 27.1. The molecule has 0 saturated heterocycles. The molecule has 4 nitrogen and oxygen atoms in total. The minimum Gasteiger partial charge on any atom is -0.463 e. The van der Waals surface area contributed by atoms with E-state index >= 15 is 0 Å². The van der Waals surface area contributed by atoms with Gasteiger partial charge in [0.1, 0.15) is 0 Å². The van der Waals surface area contributed by atoms with Crippen molar-refractivity contribution >= 4 is 5.97 Å². The first-order chi connectivity index (χ1) is 8.63. The summed E-state index contributed by atoms with van der Waals surface area (Å²) in [4.78, 5) is 11.5. The number of allylic oxidation sites excluding steroid dienone is 1. The third kappa shape index (κ3) is 2.38. The van der Waals surface area contributed by atoms with Crippen LogP contribution in [0.5, 0.6) is 0 Å². The van der Waals surface area contributed by atoms with Crippen molar-refractivity contribution in [3.8, 4) is 0 Å². The Hall–Kier alpha value is -1.81. The fourth-order valence-electron chi connectivity index (χ4n) is 2.06. The lowest BCUT2D eigenvalue weighted by atomic mass is 9.85. The second-order valence-electron chi connectivity index (χ2n) is 4.33. The predicted molar refractivity (Wildman–Crippen MR) is 65.5 cm³/mol. The Morgan fingerprint density at radius 3 is 2.61 bits per heavy atom. The highest BCUT2D eigenvalue weighted by Crippen LogP contribution is 2.34. The lowest BCUT2D eigenvalue weighted by Gasteiger charge is -2.31. The molecule has 1 heterocycles. The predicted octanol–water partition coefficient (Wildman–Crippen LogP) is 1.81. The maximum absolute atomic E-state index is 11.5. The van der Waals surface area contributed by atoms with Gasteiger partial charge in [0.2, 0.25) is 12.0 Å². The molecule has 0 amide bonds. The number of aliphatic hydroxyl groups is 1. The van der Waals surface area contributed by atoms with Gasteiger partial charge in [-0.05, 0) is 11.6 Å². The third-order valence-electron chi connectivity index (χ3n) is 3.17. The average molecular weight is 248 g/mol. The molecule has 0 bridgehead atoms. The van der Waals surface area contributed by atoms with E-state index in [1.54, 1.807) is 6.08 Å². The molecule has 2 rings (SSSR count). The largest absolute Gasteiger partial charge is 0.463 e. The van der Waals surface area contributed by atoms with E-state index in [9.17, 15) is 9.90 Å². The lowest BCUT2D eigenvalue weighted by Crippen LogP contribution is -2.32. The summed E-state index contributed by atoms with van der Waals surface area (Å²) in [5, 5.41) is 9.85. The standard InChI is InChI=1S/C14H16O4/c1-9-11(10-6-4-3-5-7-10)8-12(14(16)17-2)18-13(9)15/h3-9,11,13,15H,1-2H3/t9-,11+,13+/m1/s1. The molecule has 1 aromatic rings. The van der Waals surface area contributed by atoms with Gasteiger partial charge in [0.25, 0.3) is 0 Å². The van der Waals surface area contributed by atoms with Gasteiger partial charge in [0.05, 0.1) is 7.11 Å². The Morgan fingerprint density at radius 2 is 2.00 bits per heavy atom. The molecule has 1 aliphatic rings. The molecule has 18 heavy (non-hydrogen) atoms. The van der Waals surface area contributed by atoms with Gasteiger partial charge in [-0.15, -0.1) is 0 Å². The summed E-state index contributed by atoms with van der Waals surface area (Å²) in [5.41, 5.74) is 1.04. The smallest absolute Gasteiger partial charge is 0.373 e. The van der Waals surface area contributed by atoms with Crippen LogP contribution in [0.2, 0.25) is 0 Å². The van der Waals surface area contributed by atoms with Crippen LogP contribution >= 0.6 is 0 Å². The van der Waals surface area contributed by atoms with Crippen molar-refractivity contribution in [2.75, 3.05) is 7.11 Å². The Kier molecular flexibility index (Phi) is 3.67. The van der Waals surface area contributed by atoms with Crippen LogP contribution in [0.3, 0.4) is 0 Å². The molecule has 1 aromatic carbocycles. The monoisotopic (exact) mass is 248 g/mol. The van der Waals surface area contributed by atoms with Gasteiger partial charge in [0, 0.05) is 11.8 Å². The third-order valence-corrected chi connectivity index (χ3v) is 3.17. The highest BCUT2D eigenvalue weighted by molar-refractivity contribution is 5.86. The number of carbonyl (C=O) groups excluding carboxylic acids is 1. The van der Waals surface area contributed by atoms with Gasteiger partial charge in [-0.2, -0.15) is 0 Å². The molecule has 0 fully saturated rings. The maximum atomic E-state index is 11.5. The van der Waals surface area contributed by atoms with Gasteiger partial charge in [0.15, 0.2) is 0 Å². The van der Waals surface area contributed by atoms with Crippen molar-refractivity contribution in [1.29, 1.82) is 0 Å². The van der Waals surface area contributed by atoms with Crippen LogP contribution in [0, 0.1) is 5.92 Å². The van der Waals surface area contributed by atoms with Crippen molar-refractivity contribution in [1.82, 2.24) is 0 Å². The molecule has 0 spiro atoms. The number of ether oxygens (including phenoxy) is 2. The van der Waals surface area contributed by atoms with Crippen LogP contribution in [-0.2, 0) is 14.3 Å². The van der Waals surface area contributed by atoms with Crippen LogP contribution < -0.4 is 0 Å². The van der Waals surface area contributed by atoms with Gasteiger partial charge in [-0.1, -0.05) is 37.3 Å². The van der Waals surface area contributed by atoms with Gasteiger partial charge >= 0.3 is 5.97 Å². The number of methoxy groups -OCH3 is 1. The number of esters is 1. The minimum atomic E-state index is -1.01. The molecular formula is C14H16O4. The molecule has 0 aliphatic carbocycles. The highest BCUT2D eigenvalue weighted by atomic mass is 16.6. The van der Waals surface area contributed by atoms with Crippen LogP contribution in [-0.4, -0.2) is 24.5 Å². The zero-order valence-corrected chi connectivity index (χ0v) is 10.4. The average Bonchev–Trinajstić information content (AvgIpc) is 2.41. The molecular weight excluding hydrogens is 232 g/mol. The summed E-state index contributed by atoms with van der Waals surface area (Å²) in [6.45, 7) is 1.88. The van der Waals surface area contributed by atoms with E-state index < -0.39 is 12.3 Å². The second kappa shape index (κ2) is 5.23. The fourth-order valence-corrected chi connectivity index (χ4v) is 2.06. The highest BCUT2D eigenvalue weighted by Gasteiger charge is 2.33. The molecule has 4 heteroatoms. The summed E-state index contributed by atoms with van der Waals surface area (Å²) in [6, 6.07) is 9.70. The SMILES string of the molecule is COC(=O)C1=C[C@H](c2ccccc2)[C@@H](C)[C@@H](O)O1. The molecule has 1 N–H and O–H groups in total. The first-order valence-electron chi connectivity index (χ1n) is 5.83. The van der Waals surface area contributed by atoms with Crippen LogP contribution in [0.15, 0.2) is 42.2 Å². The summed E-state index contributed by atoms with van der Waals surface area (Å²) >= 11 is 0. The Bertz CT molecular complexity index is 452. The number of aliphatic hydroxyl groups excluding tert-OH is 1. The van der Waals surface area contributed by atoms with Crippen molar-refractivity contribution in [2.45, 2.75) is 19.1 Å². The van der Waals surface area contributed by atoms with E-state index in [-0.39, 0.29) is 17.6 Å². The Morgan fingerprint density at radius 1 is 1.33 bits per heavy atom. The molecule has 0 saturated carbocycles. The van der Waals surface area contributed by atoms with E-state index in [0.717, 1.165) is 5.56 Å². The van der Waals surface area contributed by atoms with Crippen molar-refractivity contribution in [3.63, 3.8) is 0 Å². The molecule has 1 aliphatic heterocycles. The van der Waals surface area contributed by atoms with Gasteiger partial charge < -0.3 is 14.6 Å². The maximum Gasteiger partial charge on any atom is 0.373 e. The van der Waals surface area contributed by atoms with Crippen molar-refractivity contribution < 1.29 is 19.4 Å². The first kappa shape index (κ1) is 12.6. The van der Waals surface area contributed by atoms with Crippen molar-refractivity contribution in [3.05, 3.63) is 47.7 Å². The number of hydrogen-bond acceptors (Lipinski definition) is 4. The molecule has 0 unspecified atom stereocenters.